The first-order chi connectivity index (χ1) is 18.7. The number of benzene rings is 1. The lowest BCUT2D eigenvalue weighted by atomic mass is 9.91. The molecule has 11 heteroatoms. The van der Waals surface area contributed by atoms with E-state index in [1.54, 1.807) is 38.5 Å². The molecular weight excluding hydrogens is 494 g/mol. The van der Waals surface area contributed by atoms with Gasteiger partial charge in [-0.15, -0.1) is 0 Å². The number of hydrogen-bond donors (Lipinski definition) is 2. The Balaban J connectivity index is 1.78. The number of aryl methyl sites for hydroxylation is 1. The molecule has 3 N–H and O–H groups in total. The molecule has 4 aromatic heterocycles. The van der Waals surface area contributed by atoms with E-state index in [0.717, 1.165) is 27.5 Å². The number of nitrogens with one attached hydrogen (secondary N) is 1. The van der Waals surface area contributed by atoms with Gasteiger partial charge in [-0.2, -0.15) is 20.4 Å². The summed E-state index contributed by atoms with van der Waals surface area (Å²) in [6.07, 6.45) is 7.04. The van der Waals surface area contributed by atoms with E-state index in [1.807, 2.05) is 52.7 Å². The number of nitrogen functional groups attached to an aromatic ring is 1. The van der Waals surface area contributed by atoms with Crippen LogP contribution in [0, 0.1) is 22.8 Å². The topological polar surface area (TPSA) is 159 Å². The molecule has 5 aromatic rings. The molecule has 192 valence electrons. The number of methoxy groups -OCH3 is 1. The fourth-order valence-corrected chi connectivity index (χ4v) is 4.49. The van der Waals surface area contributed by atoms with Crippen molar-refractivity contribution in [3.05, 3.63) is 66.2 Å². The van der Waals surface area contributed by atoms with E-state index in [4.69, 9.17) is 10.5 Å². The molecule has 0 fully saturated rings. The lowest BCUT2D eigenvalue weighted by Crippen LogP contribution is -2.31. The second kappa shape index (κ2) is 9.39. The van der Waals surface area contributed by atoms with Crippen LogP contribution in [-0.4, -0.2) is 32.6 Å². The van der Waals surface area contributed by atoms with Gasteiger partial charge >= 0.3 is 11.9 Å². The largest absolute Gasteiger partial charge is 0.465 e. The molecule has 0 atom stereocenters. The van der Waals surface area contributed by atoms with Crippen molar-refractivity contribution < 1.29 is 14.1 Å². The lowest BCUT2D eigenvalue weighted by Gasteiger charge is -2.14. The van der Waals surface area contributed by atoms with Gasteiger partial charge in [0.05, 0.1) is 49.2 Å². The van der Waals surface area contributed by atoms with Crippen molar-refractivity contribution in [3.63, 3.8) is 0 Å². The number of carbonyl (C=O) groups is 1. The van der Waals surface area contributed by atoms with Gasteiger partial charge in [-0.1, -0.05) is 6.07 Å². The number of aromatic nitrogens is 5. The summed E-state index contributed by atoms with van der Waals surface area (Å²) in [5, 5.41) is 22.6. The smallest absolute Gasteiger partial charge is 0.377 e. The fourth-order valence-electron chi connectivity index (χ4n) is 4.49. The fraction of sp³-hybridized carbons (Fsp3) is 0.179. The summed E-state index contributed by atoms with van der Waals surface area (Å²) in [5.74, 6) is 0.0119. The summed E-state index contributed by atoms with van der Waals surface area (Å²) >= 11 is 0. The van der Waals surface area contributed by atoms with Crippen LogP contribution in [0.5, 0.6) is 0 Å². The first-order valence-corrected chi connectivity index (χ1v) is 11.9. The Kier molecular flexibility index (Phi) is 6.05. The maximum Gasteiger partial charge on any atom is 0.377 e. The zero-order valence-corrected chi connectivity index (χ0v) is 21.7. The van der Waals surface area contributed by atoms with E-state index in [9.17, 15) is 15.3 Å². The van der Waals surface area contributed by atoms with Gasteiger partial charge in [0, 0.05) is 17.1 Å². The molecule has 0 aliphatic heterocycles. The van der Waals surface area contributed by atoms with Crippen LogP contribution in [0.2, 0.25) is 0 Å². The van der Waals surface area contributed by atoms with Crippen LogP contribution >= 0.6 is 0 Å². The van der Waals surface area contributed by atoms with Gasteiger partial charge in [0.15, 0.2) is 11.0 Å². The highest BCUT2D eigenvalue weighted by molar-refractivity contribution is 6.04. The summed E-state index contributed by atoms with van der Waals surface area (Å²) in [5.41, 5.74) is 10.4. The van der Waals surface area contributed by atoms with E-state index < -0.39 is 11.4 Å². The average molecular weight is 519 g/mol. The maximum atomic E-state index is 12.2. The Morgan fingerprint density at radius 1 is 1.08 bits per heavy atom. The molecule has 0 amide bonds. The Hall–Kier alpha value is -5.55. The van der Waals surface area contributed by atoms with Crippen LogP contribution in [-0.2, 0) is 17.2 Å². The molecule has 11 nitrogen and oxygen atoms in total. The third kappa shape index (κ3) is 4.12. The molecule has 0 unspecified atom stereocenters. The van der Waals surface area contributed by atoms with Gasteiger partial charge in [-0.3, -0.25) is 9.97 Å². The van der Waals surface area contributed by atoms with Gasteiger partial charge in [-0.25, -0.2) is 14.3 Å². The number of nitriles is 2. The van der Waals surface area contributed by atoms with Gasteiger partial charge in [-0.05, 0) is 49.7 Å². The summed E-state index contributed by atoms with van der Waals surface area (Å²) in [6.45, 7) is 3.61. The van der Waals surface area contributed by atoms with Crippen LogP contribution < -0.4 is 15.6 Å². The normalized spacial score (nSPS) is 11.2. The number of pyridine rings is 3. The van der Waals surface area contributed by atoms with E-state index in [1.165, 1.54) is 7.11 Å². The molecule has 0 spiro atoms. The highest BCUT2D eigenvalue weighted by atomic mass is 16.5. The quantitative estimate of drug-likeness (QED) is 0.154. The number of imidazole rings is 1. The zero-order valence-electron chi connectivity index (χ0n) is 21.7. The highest BCUT2D eigenvalue weighted by Crippen LogP contribution is 2.33. The number of ether oxygens (including phenoxy) is 1. The Labute approximate surface area is 223 Å². The minimum absolute atomic E-state index is 0.0825. The van der Waals surface area contributed by atoms with Crippen molar-refractivity contribution in [2.45, 2.75) is 19.3 Å². The summed E-state index contributed by atoms with van der Waals surface area (Å²) < 4.78 is 8.57. The standard InChI is InChI=1S/C28H23N9O2/c1-28(2,14-29)23-8-6-18(12-33-23)37-24-19-9-16(17-10-20(26(38)39-4)25(31)34-11-17)5-7-21(19)32-13-22(24)36(3)27(37)35-15-30/h5-13H,1-4H3,(H2,31,34,38)/p+1. The van der Waals surface area contributed by atoms with Crippen LogP contribution in [0.1, 0.15) is 29.9 Å². The second-order valence-electron chi connectivity index (χ2n) is 9.47. The predicted molar refractivity (Wildman–Crippen MR) is 144 cm³/mol. The average Bonchev–Trinajstić information content (AvgIpc) is 3.24. The highest BCUT2D eigenvalue weighted by Gasteiger charge is 2.27. The minimum atomic E-state index is -0.753. The van der Waals surface area contributed by atoms with Gasteiger partial charge in [0.25, 0.3) is 6.19 Å². The third-order valence-electron chi connectivity index (χ3n) is 6.69. The second-order valence-corrected chi connectivity index (χ2v) is 9.47. The number of anilines is 2. The van der Waals surface area contributed by atoms with Crippen molar-refractivity contribution >= 4 is 39.7 Å². The van der Waals surface area contributed by atoms with Crippen molar-refractivity contribution in [2.24, 2.45) is 7.05 Å². The van der Waals surface area contributed by atoms with Crippen LogP contribution in [0.3, 0.4) is 0 Å². The number of nitrogens with zero attached hydrogens (tertiary/aromatic N) is 7. The number of hydrogen-bond acceptors (Lipinski definition) is 9. The van der Waals surface area contributed by atoms with Crippen molar-refractivity contribution in [1.29, 1.82) is 10.5 Å². The molecule has 0 radical (unpaired) electrons. The Morgan fingerprint density at radius 3 is 2.54 bits per heavy atom. The molecule has 5 rings (SSSR count). The monoisotopic (exact) mass is 518 g/mol. The number of fused-ring (bicyclic) bond motifs is 3. The number of esters is 1. The Bertz CT molecular complexity index is 1860. The van der Waals surface area contributed by atoms with Crippen molar-refractivity contribution in [3.8, 4) is 29.1 Å². The number of nitrogens with two attached hydrogens (primary N) is 1. The Morgan fingerprint density at radius 2 is 1.87 bits per heavy atom. The predicted octanol–water partition coefficient (Wildman–Crippen LogP) is 3.52. The summed E-state index contributed by atoms with van der Waals surface area (Å²) in [6, 6.07) is 13.3. The molecule has 0 saturated carbocycles. The van der Waals surface area contributed by atoms with Gasteiger partial charge in [0.2, 0.25) is 0 Å². The summed E-state index contributed by atoms with van der Waals surface area (Å²) in [4.78, 5) is 25.6. The molecule has 0 aliphatic rings. The molecular formula is C28H24N9O2+. The molecule has 0 saturated heterocycles. The summed E-state index contributed by atoms with van der Waals surface area (Å²) in [7, 11) is 3.12. The SMILES string of the molecule is COC(=O)c1cc(-c2ccc3ncc4c(c3c2)n(-c2ccc(C(C)(C)C#N)nc2)c(NC#N)[n+]4C)cnc1N. The molecule has 1 aromatic carbocycles. The maximum absolute atomic E-state index is 12.2. The molecule has 4 heterocycles. The zero-order chi connectivity index (χ0) is 27.9. The number of rotatable bonds is 5. The third-order valence-corrected chi connectivity index (χ3v) is 6.69. The molecule has 0 bridgehead atoms. The molecule has 39 heavy (non-hydrogen) atoms. The van der Waals surface area contributed by atoms with Crippen LogP contribution in [0.15, 0.2) is 55.0 Å². The first-order valence-electron chi connectivity index (χ1n) is 11.9. The first kappa shape index (κ1) is 25.1. The van der Waals surface area contributed by atoms with E-state index in [2.05, 4.69) is 26.3 Å². The van der Waals surface area contributed by atoms with E-state index in [-0.39, 0.29) is 11.4 Å². The molecule has 0 aliphatic carbocycles. The van der Waals surface area contributed by atoms with Crippen LogP contribution in [0.4, 0.5) is 11.8 Å². The minimum Gasteiger partial charge on any atom is -0.465 e. The van der Waals surface area contributed by atoms with Gasteiger partial charge < -0.3 is 10.5 Å². The van der Waals surface area contributed by atoms with E-state index >= 15 is 0 Å². The van der Waals surface area contributed by atoms with Crippen molar-refractivity contribution in [2.75, 3.05) is 18.2 Å². The van der Waals surface area contributed by atoms with E-state index in [0.29, 0.717) is 22.9 Å². The van der Waals surface area contributed by atoms with Gasteiger partial charge in [0.1, 0.15) is 17.1 Å². The number of carbonyl (C=O) groups excluding carboxylic acids is 1. The van der Waals surface area contributed by atoms with Crippen LogP contribution in [0.25, 0.3) is 38.8 Å². The van der Waals surface area contributed by atoms with Crippen molar-refractivity contribution in [1.82, 2.24) is 19.5 Å². The lowest BCUT2D eigenvalue weighted by molar-refractivity contribution is -0.630.